The van der Waals surface area contributed by atoms with E-state index in [4.69, 9.17) is 11.1 Å². The molecule has 0 amide bonds. The van der Waals surface area contributed by atoms with Crippen LogP contribution in [-0.4, -0.2) is 29.9 Å². The number of nitrogens with zero attached hydrogens (tertiary/aromatic N) is 1. The predicted molar refractivity (Wildman–Crippen MR) is 65.2 cm³/mol. The van der Waals surface area contributed by atoms with Crippen molar-refractivity contribution in [1.29, 1.82) is 5.41 Å². The van der Waals surface area contributed by atoms with E-state index in [2.05, 4.69) is 11.8 Å². The summed E-state index contributed by atoms with van der Waals surface area (Å²) in [6.45, 7) is 6.54. The zero-order valence-electron chi connectivity index (χ0n) is 10.1. The van der Waals surface area contributed by atoms with Crippen molar-refractivity contribution in [3.8, 4) is 0 Å². The summed E-state index contributed by atoms with van der Waals surface area (Å²) in [5, 5.41) is 7.48. The maximum Gasteiger partial charge on any atom is 0.108 e. The van der Waals surface area contributed by atoms with E-state index >= 15 is 0 Å². The van der Waals surface area contributed by atoms with E-state index in [0.29, 0.717) is 5.84 Å². The number of likely N-dealkylation sites (tertiary alicyclic amines) is 1. The third-order valence-electron chi connectivity index (χ3n) is 3.58. The Labute approximate surface area is 93.5 Å². The van der Waals surface area contributed by atoms with Crippen LogP contribution in [0.4, 0.5) is 0 Å². The summed E-state index contributed by atoms with van der Waals surface area (Å²) in [6.07, 6.45) is 6.57. The van der Waals surface area contributed by atoms with Gasteiger partial charge in [-0.25, -0.2) is 0 Å². The second-order valence-electron chi connectivity index (χ2n) is 4.75. The Morgan fingerprint density at radius 1 is 1.47 bits per heavy atom. The topological polar surface area (TPSA) is 53.1 Å². The minimum absolute atomic E-state index is 0.130. The van der Waals surface area contributed by atoms with Crippen molar-refractivity contribution in [2.24, 2.45) is 11.7 Å². The summed E-state index contributed by atoms with van der Waals surface area (Å²) in [6, 6.07) is 0.130. The molecule has 0 aromatic heterocycles. The van der Waals surface area contributed by atoms with Gasteiger partial charge >= 0.3 is 0 Å². The van der Waals surface area contributed by atoms with Crippen LogP contribution in [0.5, 0.6) is 0 Å². The number of nitrogens with two attached hydrogens (primary N) is 1. The summed E-state index contributed by atoms with van der Waals surface area (Å²) < 4.78 is 0. The summed E-state index contributed by atoms with van der Waals surface area (Å²) in [5.41, 5.74) is 5.55. The van der Waals surface area contributed by atoms with Gasteiger partial charge in [0.15, 0.2) is 0 Å². The Balaban J connectivity index is 2.41. The second kappa shape index (κ2) is 6.11. The quantitative estimate of drug-likeness (QED) is 0.553. The fraction of sp³-hybridized carbons (Fsp3) is 0.917. The van der Waals surface area contributed by atoms with Crippen molar-refractivity contribution >= 4 is 5.84 Å². The van der Waals surface area contributed by atoms with Crippen LogP contribution in [0.2, 0.25) is 0 Å². The number of amidine groups is 1. The maximum absolute atomic E-state index is 7.48. The van der Waals surface area contributed by atoms with Gasteiger partial charge in [-0.1, -0.05) is 19.8 Å². The van der Waals surface area contributed by atoms with Crippen molar-refractivity contribution in [2.45, 2.75) is 52.0 Å². The highest BCUT2D eigenvalue weighted by molar-refractivity contribution is 5.82. The molecule has 15 heavy (non-hydrogen) atoms. The summed E-state index contributed by atoms with van der Waals surface area (Å²) in [7, 11) is 0. The zero-order chi connectivity index (χ0) is 11.3. The van der Waals surface area contributed by atoms with Gasteiger partial charge in [-0.05, 0) is 45.2 Å². The highest BCUT2D eigenvalue weighted by Crippen LogP contribution is 2.22. The maximum atomic E-state index is 7.48. The molecule has 0 saturated carbocycles. The molecule has 0 aromatic carbocycles. The Morgan fingerprint density at radius 3 is 2.80 bits per heavy atom. The van der Waals surface area contributed by atoms with Crippen molar-refractivity contribution in [2.75, 3.05) is 13.1 Å². The number of hydrogen-bond acceptors (Lipinski definition) is 2. The molecule has 0 bridgehead atoms. The van der Waals surface area contributed by atoms with Gasteiger partial charge in [-0.15, -0.1) is 0 Å². The van der Waals surface area contributed by atoms with E-state index in [0.717, 1.165) is 19.0 Å². The molecule has 3 heteroatoms. The van der Waals surface area contributed by atoms with Gasteiger partial charge in [-0.3, -0.25) is 10.3 Å². The molecule has 1 fully saturated rings. The molecule has 0 radical (unpaired) electrons. The standard InChI is InChI=1S/C12H25N3/c1-3-5-11-6-4-8-15(9-7-11)10(2)12(13)14/h10-11H,3-9H2,1-2H3,(H3,13,14). The number of nitrogens with one attached hydrogen (secondary N) is 1. The molecule has 1 heterocycles. The minimum Gasteiger partial charge on any atom is -0.386 e. The lowest BCUT2D eigenvalue weighted by molar-refractivity contribution is 0.257. The molecule has 88 valence electrons. The molecule has 0 aliphatic carbocycles. The second-order valence-corrected chi connectivity index (χ2v) is 4.75. The van der Waals surface area contributed by atoms with Crippen LogP contribution < -0.4 is 5.73 Å². The lowest BCUT2D eigenvalue weighted by atomic mass is 9.96. The van der Waals surface area contributed by atoms with Crippen molar-refractivity contribution in [3.63, 3.8) is 0 Å². The smallest absolute Gasteiger partial charge is 0.108 e. The van der Waals surface area contributed by atoms with Gasteiger partial charge in [0.05, 0.1) is 6.04 Å². The highest BCUT2D eigenvalue weighted by atomic mass is 15.2. The van der Waals surface area contributed by atoms with Crippen molar-refractivity contribution in [3.05, 3.63) is 0 Å². The number of hydrogen-bond donors (Lipinski definition) is 2. The van der Waals surface area contributed by atoms with E-state index in [9.17, 15) is 0 Å². The molecule has 2 atom stereocenters. The molecule has 2 unspecified atom stereocenters. The van der Waals surface area contributed by atoms with Gasteiger partial charge in [0.1, 0.15) is 5.84 Å². The molecule has 0 aromatic rings. The fourth-order valence-corrected chi connectivity index (χ4v) is 2.47. The Kier molecular flexibility index (Phi) is 5.09. The normalized spacial score (nSPS) is 25.9. The molecule has 1 rings (SSSR count). The van der Waals surface area contributed by atoms with Gasteiger partial charge < -0.3 is 5.73 Å². The first-order valence-electron chi connectivity index (χ1n) is 6.23. The first-order chi connectivity index (χ1) is 7.15. The van der Waals surface area contributed by atoms with Crippen LogP contribution in [0.15, 0.2) is 0 Å². The lowest BCUT2D eigenvalue weighted by Crippen LogP contribution is -2.42. The predicted octanol–water partition coefficient (Wildman–Crippen LogP) is 2.21. The number of rotatable bonds is 4. The minimum atomic E-state index is 0.130. The lowest BCUT2D eigenvalue weighted by Gasteiger charge is -2.26. The first-order valence-corrected chi connectivity index (χ1v) is 6.23. The third kappa shape index (κ3) is 3.82. The van der Waals surface area contributed by atoms with Gasteiger partial charge in [-0.2, -0.15) is 0 Å². The Bertz CT molecular complexity index is 203. The average Bonchev–Trinajstić information content (AvgIpc) is 2.43. The van der Waals surface area contributed by atoms with Gasteiger partial charge in [0.2, 0.25) is 0 Å². The molecule has 3 nitrogen and oxygen atoms in total. The van der Waals surface area contributed by atoms with Crippen LogP contribution in [0.25, 0.3) is 0 Å². The van der Waals surface area contributed by atoms with E-state index in [1.807, 2.05) is 6.92 Å². The van der Waals surface area contributed by atoms with Gasteiger partial charge in [0, 0.05) is 0 Å². The highest BCUT2D eigenvalue weighted by Gasteiger charge is 2.21. The van der Waals surface area contributed by atoms with E-state index in [-0.39, 0.29) is 6.04 Å². The van der Waals surface area contributed by atoms with E-state index in [1.165, 1.54) is 32.1 Å². The van der Waals surface area contributed by atoms with Crippen molar-refractivity contribution < 1.29 is 0 Å². The first kappa shape index (κ1) is 12.5. The van der Waals surface area contributed by atoms with E-state index in [1.54, 1.807) is 0 Å². The monoisotopic (exact) mass is 211 g/mol. The molecule has 0 spiro atoms. The SMILES string of the molecule is CCCC1CCCN(C(C)C(=N)N)CC1. The van der Waals surface area contributed by atoms with Crippen LogP contribution >= 0.6 is 0 Å². The Hall–Kier alpha value is -0.570. The van der Waals surface area contributed by atoms with E-state index < -0.39 is 0 Å². The summed E-state index contributed by atoms with van der Waals surface area (Å²) >= 11 is 0. The van der Waals surface area contributed by atoms with Crippen LogP contribution in [-0.2, 0) is 0 Å². The molecular weight excluding hydrogens is 186 g/mol. The molecule has 1 aliphatic rings. The van der Waals surface area contributed by atoms with Crippen molar-refractivity contribution in [1.82, 2.24) is 4.90 Å². The molecular formula is C12H25N3. The Morgan fingerprint density at radius 2 is 2.20 bits per heavy atom. The van der Waals surface area contributed by atoms with Crippen LogP contribution in [0.3, 0.4) is 0 Å². The van der Waals surface area contributed by atoms with Gasteiger partial charge in [0.25, 0.3) is 0 Å². The molecule has 1 aliphatic heterocycles. The third-order valence-corrected chi connectivity index (χ3v) is 3.58. The van der Waals surface area contributed by atoms with Crippen LogP contribution in [0, 0.1) is 11.3 Å². The fourth-order valence-electron chi connectivity index (χ4n) is 2.47. The molecule has 1 saturated heterocycles. The van der Waals surface area contributed by atoms with Crippen LogP contribution in [0.1, 0.15) is 46.0 Å². The average molecular weight is 211 g/mol. The largest absolute Gasteiger partial charge is 0.386 e. The summed E-state index contributed by atoms with van der Waals surface area (Å²) in [5.74, 6) is 1.21. The zero-order valence-corrected chi connectivity index (χ0v) is 10.1. The summed E-state index contributed by atoms with van der Waals surface area (Å²) in [4.78, 5) is 2.36. The molecule has 3 N–H and O–H groups in total.